The number of hydrazine groups is 1. The number of anilines is 1. The number of benzene rings is 1. The summed E-state index contributed by atoms with van der Waals surface area (Å²) in [6.45, 7) is 11.2. The van der Waals surface area contributed by atoms with E-state index in [0.717, 1.165) is 23.4 Å². The Balaban J connectivity index is 0. The van der Waals surface area contributed by atoms with Gasteiger partial charge in [-0.25, -0.2) is 0 Å². The van der Waals surface area contributed by atoms with E-state index in [2.05, 4.69) is 19.3 Å². The fourth-order valence-corrected chi connectivity index (χ4v) is 2.19. The van der Waals surface area contributed by atoms with E-state index in [1.807, 2.05) is 44.2 Å². The molecule has 8 N–H and O–H groups in total. The average Bonchev–Trinajstić information content (AvgIpc) is 2.61. The van der Waals surface area contributed by atoms with Crippen LogP contribution in [0.4, 0.5) is 5.69 Å². The van der Waals surface area contributed by atoms with Crippen molar-refractivity contribution in [3.05, 3.63) is 29.8 Å². The summed E-state index contributed by atoms with van der Waals surface area (Å²) in [5, 5.41) is 21.3. The van der Waals surface area contributed by atoms with Gasteiger partial charge in [-0.15, -0.1) is 0 Å². The predicted octanol–water partition coefficient (Wildman–Crippen LogP) is 4.76. The van der Waals surface area contributed by atoms with E-state index in [-0.39, 0.29) is 23.0 Å². The molecular formula is C21H38N6O2. The van der Waals surface area contributed by atoms with Crippen molar-refractivity contribution >= 4 is 29.4 Å². The number of amidine groups is 1. The molecule has 8 heteroatoms. The van der Waals surface area contributed by atoms with Crippen LogP contribution in [0.2, 0.25) is 0 Å². The highest BCUT2D eigenvalue weighted by atomic mass is 16.5. The SMILES string of the molecule is CC.CC(=N)N.COc1ccc(NN)cc1/C=C/CC(C)(C)CC(=N)OC(C)=N. The van der Waals surface area contributed by atoms with Gasteiger partial charge in [-0.3, -0.25) is 22.1 Å². The predicted molar refractivity (Wildman–Crippen MR) is 124 cm³/mol. The standard InChI is InChI=1S/C17H26N4O2.C2H6N2.C2H6/c1-12(18)23-16(19)11-17(2,3)9-5-6-13-10-14(21-20)7-8-15(13)22-4;1-2(3)4;1-2/h5-8,10,18-19,21H,9,11,20H2,1-4H3;1H3,(H3,3,4);1-2H3/b6-5+,18-12?,19-16?;;. The van der Waals surface area contributed by atoms with Crippen LogP contribution in [0.1, 0.15) is 59.9 Å². The van der Waals surface area contributed by atoms with Gasteiger partial charge in [0.25, 0.3) is 0 Å². The lowest BCUT2D eigenvalue weighted by Gasteiger charge is -2.22. The molecule has 1 aromatic carbocycles. The Bertz CT molecular complexity index is 680. The van der Waals surface area contributed by atoms with E-state index in [0.29, 0.717) is 6.42 Å². The minimum atomic E-state index is -0.139. The second-order valence-electron chi connectivity index (χ2n) is 6.81. The average molecular weight is 407 g/mol. The van der Waals surface area contributed by atoms with Crippen molar-refractivity contribution in [2.45, 2.75) is 54.4 Å². The molecule has 1 rings (SSSR count). The third-order valence-corrected chi connectivity index (χ3v) is 3.28. The van der Waals surface area contributed by atoms with Crippen LogP contribution in [0.3, 0.4) is 0 Å². The summed E-state index contributed by atoms with van der Waals surface area (Å²) in [5.74, 6) is 6.52. The van der Waals surface area contributed by atoms with Crippen molar-refractivity contribution in [3.63, 3.8) is 0 Å². The first-order valence-electron chi connectivity index (χ1n) is 9.43. The third kappa shape index (κ3) is 14.8. The second kappa shape index (κ2) is 15.1. The van der Waals surface area contributed by atoms with Crippen molar-refractivity contribution in [2.75, 3.05) is 12.5 Å². The molecule has 29 heavy (non-hydrogen) atoms. The fourth-order valence-electron chi connectivity index (χ4n) is 2.19. The van der Waals surface area contributed by atoms with Crippen molar-refractivity contribution < 1.29 is 9.47 Å². The van der Waals surface area contributed by atoms with Crippen LogP contribution >= 0.6 is 0 Å². The smallest absolute Gasteiger partial charge is 0.189 e. The van der Waals surface area contributed by atoms with E-state index < -0.39 is 0 Å². The molecule has 0 aliphatic rings. The maximum Gasteiger partial charge on any atom is 0.189 e. The van der Waals surface area contributed by atoms with Crippen LogP contribution in [-0.2, 0) is 4.74 Å². The van der Waals surface area contributed by atoms with Gasteiger partial charge >= 0.3 is 0 Å². The number of hydrogen-bond acceptors (Lipinski definition) is 7. The first kappa shape index (κ1) is 28.3. The molecule has 0 fully saturated rings. The van der Waals surface area contributed by atoms with E-state index in [4.69, 9.17) is 37.3 Å². The number of nitrogens with two attached hydrogens (primary N) is 2. The van der Waals surface area contributed by atoms with Gasteiger partial charge in [-0.1, -0.05) is 39.8 Å². The van der Waals surface area contributed by atoms with Crippen molar-refractivity contribution in [1.29, 1.82) is 16.2 Å². The van der Waals surface area contributed by atoms with Crippen LogP contribution in [0.25, 0.3) is 6.08 Å². The Morgan fingerprint density at radius 2 is 1.72 bits per heavy atom. The third-order valence-electron chi connectivity index (χ3n) is 3.28. The van der Waals surface area contributed by atoms with Gasteiger partial charge in [0.05, 0.1) is 12.9 Å². The number of rotatable bonds is 7. The fraction of sp³-hybridized carbons (Fsp3) is 0.476. The molecule has 0 atom stereocenters. The molecule has 0 unspecified atom stereocenters. The van der Waals surface area contributed by atoms with E-state index in [9.17, 15) is 0 Å². The zero-order valence-corrected chi connectivity index (χ0v) is 18.8. The van der Waals surface area contributed by atoms with Crippen molar-refractivity contribution in [1.82, 2.24) is 0 Å². The van der Waals surface area contributed by atoms with E-state index >= 15 is 0 Å². The molecule has 0 radical (unpaired) electrons. The van der Waals surface area contributed by atoms with Crippen LogP contribution in [0.5, 0.6) is 5.75 Å². The number of allylic oxidation sites excluding steroid dienone is 1. The molecule has 0 aliphatic heterocycles. The van der Waals surface area contributed by atoms with Gasteiger partial charge in [-0.05, 0) is 37.0 Å². The molecular weight excluding hydrogens is 368 g/mol. The molecule has 164 valence electrons. The number of ether oxygens (including phenoxy) is 2. The molecule has 1 aromatic rings. The first-order valence-corrected chi connectivity index (χ1v) is 9.43. The number of methoxy groups -OCH3 is 1. The largest absolute Gasteiger partial charge is 0.496 e. The summed E-state index contributed by atoms with van der Waals surface area (Å²) in [4.78, 5) is 0. The summed E-state index contributed by atoms with van der Waals surface area (Å²) >= 11 is 0. The van der Waals surface area contributed by atoms with Crippen molar-refractivity contribution in [2.24, 2.45) is 17.0 Å². The Morgan fingerprint density at radius 1 is 1.17 bits per heavy atom. The molecule has 0 aromatic heterocycles. The molecule has 0 saturated heterocycles. The lowest BCUT2D eigenvalue weighted by atomic mass is 9.85. The summed E-state index contributed by atoms with van der Waals surface area (Å²) in [6, 6.07) is 5.61. The molecule has 0 saturated carbocycles. The lowest BCUT2D eigenvalue weighted by Crippen LogP contribution is -2.19. The van der Waals surface area contributed by atoms with E-state index in [1.54, 1.807) is 7.11 Å². The summed E-state index contributed by atoms with van der Waals surface area (Å²) in [5.41, 5.74) is 8.91. The molecule has 0 spiro atoms. The number of nitrogen functional groups attached to an aromatic ring is 1. The Morgan fingerprint density at radius 3 is 2.17 bits per heavy atom. The lowest BCUT2D eigenvalue weighted by molar-refractivity contribution is 0.358. The number of hydrogen-bond donors (Lipinski definition) is 6. The summed E-state index contributed by atoms with van der Waals surface area (Å²) in [7, 11) is 1.63. The topological polar surface area (TPSA) is 154 Å². The molecule has 0 heterocycles. The normalized spacial score (nSPS) is 10.1. The molecule has 0 aliphatic carbocycles. The minimum Gasteiger partial charge on any atom is -0.496 e. The van der Waals surface area contributed by atoms with Gasteiger partial charge in [-0.2, -0.15) is 0 Å². The van der Waals surface area contributed by atoms with Gasteiger partial charge in [0.15, 0.2) is 11.8 Å². The highest BCUT2D eigenvalue weighted by Crippen LogP contribution is 2.28. The highest BCUT2D eigenvalue weighted by Gasteiger charge is 2.20. The Hall–Kier alpha value is -2.87. The summed E-state index contributed by atoms with van der Waals surface area (Å²) in [6.07, 6.45) is 5.25. The van der Waals surface area contributed by atoms with Gasteiger partial charge in [0.1, 0.15) is 5.75 Å². The van der Waals surface area contributed by atoms with Crippen LogP contribution < -0.4 is 21.7 Å². The highest BCUT2D eigenvalue weighted by molar-refractivity contribution is 5.87. The van der Waals surface area contributed by atoms with Crippen molar-refractivity contribution in [3.8, 4) is 5.75 Å². The zero-order chi connectivity index (χ0) is 23.0. The quantitative estimate of drug-likeness (QED) is 0.167. The minimum absolute atomic E-state index is 0.0391. The second-order valence-corrected chi connectivity index (χ2v) is 6.81. The van der Waals surface area contributed by atoms with Gasteiger partial charge in [0, 0.05) is 24.6 Å². The van der Waals surface area contributed by atoms with Crippen LogP contribution in [0.15, 0.2) is 24.3 Å². The molecule has 0 amide bonds. The Kier molecular flexibility index (Phi) is 14.8. The monoisotopic (exact) mass is 406 g/mol. The van der Waals surface area contributed by atoms with Gasteiger partial charge in [0.2, 0.25) is 0 Å². The van der Waals surface area contributed by atoms with Crippen LogP contribution in [0, 0.1) is 21.6 Å². The van der Waals surface area contributed by atoms with Gasteiger partial charge < -0.3 is 20.6 Å². The summed E-state index contributed by atoms with van der Waals surface area (Å²) < 4.78 is 10.4. The molecule has 0 bridgehead atoms. The maximum absolute atomic E-state index is 7.76. The zero-order valence-electron chi connectivity index (χ0n) is 18.8. The van der Waals surface area contributed by atoms with Crippen LogP contribution in [-0.4, -0.2) is 24.7 Å². The molecule has 8 nitrogen and oxygen atoms in total. The van der Waals surface area contributed by atoms with E-state index in [1.165, 1.54) is 13.8 Å². The Labute approximate surface area is 175 Å². The number of nitrogens with one attached hydrogen (secondary N) is 4. The maximum atomic E-state index is 7.76. The first-order chi connectivity index (χ1) is 13.5.